The number of carbonyl (C=O) groups is 1. The fraction of sp³-hybridized carbons (Fsp3) is 0.833. The molecule has 0 aromatic carbocycles. The van der Waals surface area contributed by atoms with E-state index in [1.807, 2.05) is 6.92 Å². The highest BCUT2D eigenvalue weighted by atomic mass is 35.6. The van der Waals surface area contributed by atoms with Gasteiger partial charge in [-0.05, 0) is 6.42 Å². The van der Waals surface area contributed by atoms with Crippen LogP contribution in [0.25, 0.3) is 0 Å². The lowest BCUT2D eigenvalue weighted by molar-refractivity contribution is -0.134. The molecule has 0 spiro atoms. The Balaban J connectivity index is -0.000000118. The molecule has 76 valence electrons. The highest BCUT2D eigenvalue weighted by molar-refractivity contribution is 6.67. The number of rotatable bonds is 0. The van der Waals surface area contributed by atoms with E-state index in [4.69, 9.17) is 49.8 Å². The lowest BCUT2D eigenvalue weighted by Gasteiger charge is -2.02. The van der Waals surface area contributed by atoms with E-state index >= 15 is 0 Å². The highest BCUT2D eigenvalue weighted by Gasteiger charge is 2.14. The third kappa shape index (κ3) is 81.8. The largest absolute Gasteiger partial charge is 0.481 e. The normalized spacial score (nSPS) is 8.58. The number of aliphatic hydroxyl groups is 1. The quantitative estimate of drug-likeness (QED) is 0.639. The third-order valence-electron chi connectivity index (χ3n) is 0.401. The fourth-order valence-electron chi connectivity index (χ4n) is 0. The summed E-state index contributed by atoms with van der Waals surface area (Å²) in [6, 6.07) is 0. The van der Waals surface area contributed by atoms with Crippen molar-refractivity contribution in [2.24, 2.45) is 0 Å². The van der Waals surface area contributed by atoms with E-state index in [2.05, 4.69) is 0 Å². The van der Waals surface area contributed by atoms with E-state index in [9.17, 15) is 0 Å². The van der Waals surface area contributed by atoms with Crippen molar-refractivity contribution in [2.45, 2.75) is 24.1 Å². The smallest absolute Gasteiger partial charge is 0.300 e. The second kappa shape index (κ2) is 11.3. The van der Waals surface area contributed by atoms with Crippen LogP contribution in [0.1, 0.15) is 20.3 Å². The van der Waals surface area contributed by atoms with Gasteiger partial charge in [-0.3, -0.25) is 4.79 Å². The molecule has 0 bridgehead atoms. The van der Waals surface area contributed by atoms with Crippen LogP contribution in [0.5, 0.6) is 0 Å². The van der Waals surface area contributed by atoms with Gasteiger partial charge in [0.2, 0.25) is 0 Å². The van der Waals surface area contributed by atoms with Crippen LogP contribution in [-0.4, -0.2) is 27.1 Å². The first-order valence-corrected chi connectivity index (χ1v) is 4.14. The van der Waals surface area contributed by atoms with Crippen LogP contribution >= 0.6 is 34.8 Å². The number of hydrogen-bond donors (Lipinski definition) is 2. The molecule has 2 N–H and O–H groups in total. The summed E-state index contributed by atoms with van der Waals surface area (Å²) in [5.41, 5.74) is 0. The van der Waals surface area contributed by atoms with Crippen LogP contribution in [0.3, 0.4) is 0 Å². The predicted octanol–water partition coefficient (Wildman–Crippen LogP) is 2.47. The van der Waals surface area contributed by atoms with Gasteiger partial charge >= 0.3 is 0 Å². The molecule has 0 aromatic heterocycles. The minimum absolute atomic E-state index is 0.567. The van der Waals surface area contributed by atoms with Gasteiger partial charge in [0.15, 0.2) is 3.79 Å². The first kappa shape index (κ1) is 18.2. The van der Waals surface area contributed by atoms with Crippen LogP contribution in [0.4, 0.5) is 0 Å². The molecular weight excluding hydrogens is 226 g/mol. The maximum absolute atomic E-state index is 9.00. The number of aliphatic hydroxyl groups excluding tert-OH is 1. The molecule has 12 heavy (non-hydrogen) atoms. The zero-order valence-electron chi connectivity index (χ0n) is 7.14. The molecule has 0 aromatic rings. The maximum Gasteiger partial charge on any atom is 0.300 e. The van der Waals surface area contributed by atoms with Crippen LogP contribution in [0.2, 0.25) is 0 Å². The molecule has 0 unspecified atom stereocenters. The van der Waals surface area contributed by atoms with Gasteiger partial charge in [0.25, 0.3) is 5.97 Å². The van der Waals surface area contributed by atoms with Crippen molar-refractivity contribution < 1.29 is 15.0 Å². The Morgan fingerprint density at radius 3 is 1.42 bits per heavy atom. The molecule has 0 amide bonds. The Morgan fingerprint density at radius 1 is 1.33 bits per heavy atom. The number of carboxylic acids is 1. The minimum Gasteiger partial charge on any atom is -0.481 e. The Hall–Kier alpha value is 0.300. The Bertz CT molecular complexity index is 96.7. The summed E-state index contributed by atoms with van der Waals surface area (Å²) in [4.78, 5) is 9.00. The third-order valence-corrected chi connectivity index (χ3v) is 1.20. The summed E-state index contributed by atoms with van der Waals surface area (Å²) in [5.74, 6) is -0.833. The topological polar surface area (TPSA) is 57.5 Å². The van der Waals surface area contributed by atoms with Crippen LogP contribution in [0, 0.1) is 0 Å². The van der Waals surface area contributed by atoms with Gasteiger partial charge in [-0.15, -0.1) is 0 Å². The molecule has 0 rings (SSSR count). The van der Waals surface area contributed by atoms with Crippen LogP contribution in [-0.2, 0) is 4.79 Å². The molecule has 0 saturated heterocycles. The second-order valence-corrected chi connectivity index (χ2v) is 4.00. The Labute approximate surface area is 87.2 Å². The fourth-order valence-corrected chi connectivity index (χ4v) is 0. The van der Waals surface area contributed by atoms with Crippen molar-refractivity contribution in [2.75, 3.05) is 7.11 Å². The first-order valence-electron chi connectivity index (χ1n) is 3.00. The maximum atomic E-state index is 9.00. The summed E-state index contributed by atoms with van der Waals surface area (Å²) in [7, 11) is 1.00. The SMILES string of the molecule is CC(=O)O.CCC(Cl)(Cl)Cl.CO. The zero-order valence-corrected chi connectivity index (χ0v) is 9.41. The number of carboxylic acid groups (broad SMARTS) is 1. The van der Waals surface area contributed by atoms with E-state index in [0.717, 1.165) is 14.0 Å². The number of alkyl halides is 3. The molecule has 0 fully saturated rings. The molecule has 0 radical (unpaired) electrons. The van der Waals surface area contributed by atoms with E-state index in [1.165, 1.54) is 0 Å². The summed E-state index contributed by atoms with van der Waals surface area (Å²) in [6.07, 6.45) is 0.567. The van der Waals surface area contributed by atoms with Crippen molar-refractivity contribution in [3.8, 4) is 0 Å². The molecule has 0 aliphatic heterocycles. The molecule has 3 nitrogen and oxygen atoms in total. The Kier molecular flexibility index (Phi) is 17.1. The van der Waals surface area contributed by atoms with Crippen molar-refractivity contribution in [3.63, 3.8) is 0 Å². The summed E-state index contributed by atoms with van der Waals surface area (Å²) in [5, 5.41) is 14.4. The first-order chi connectivity index (χ1) is 5.29. The van der Waals surface area contributed by atoms with Gasteiger partial charge in [-0.25, -0.2) is 0 Å². The average Bonchev–Trinajstić information content (AvgIpc) is 1.90. The van der Waals surface area contributed by atoms with Gasteiger partial charge < -0.3 is 10.2 Å². The van der Waals surface area contributed by atoms with Gasteiger partial charge in [-0.1, -0.05) is 41.7 Å². The molecular formula is C6H13Cl3O3. The highest BCUT2D eigenvalue weighted by Crippen LogP contribution is 2.28. The molecule has 0 atom stereocenters. The lowest BCUT2D eigenvalue weighted by Crippen LogP contribution is -1.95. The van der Waals surface area contributed by atoms with Crippen LogP contribution in [0.15, 0.2) is 0 Å². The molecule has 0 saturated carbocycles. The Morgan fingerprint density at radius 2 is 1.42 bits per heavy atom. The molecule has 6 heteroatoms. The predicted molar refractivity (Wildman–Crippen MR) is 52.0 cm³/mol. The number of hydrogen-bond acceptors (Lipinski definition) is 2. The standard InChI is InChI=1S/C3H5Cl3.C2H4O2.CH4O/c1-2-3(4,5)6;1-2(3)4;1-2/h2H2,1H3;1H3,(H,3,4);2H,1H3. The number of aliphatic carboxylic acids is 1. The van der Waals surface area contributed by atoms with Crippen molar-refractivity contribution in [3.05, 3.63) is 0 Å². The summed E-state index contributed by atoms with van der Waals surface area (Å²) < 4.78 is -1.04. The van der Waals surface area contributed by atoms with Gasteiger partial charge in [0.1, 0.15) is 0 Å². The zero-order chi connectivity index (χ0) is 10.8. The van der Waals surface area contributed by atoms with Crippen molar-refractivity contribution in [1.82, 2.24) is 0 Å². The van der Waals surface area contributed by atoms with Gasteiger partial charge in [0.05, 0.1) is 0 Å². The van der Waals surface area contributed by atoms with Gasteiger partial charge in [0, 0.05) is 14.0 Å². The van der Waals surface area contributed by atoms with Gasteiger partial charge in [-0.2, -0.15) is 0 Å². The molecule has 0 aliphatic rings. The average molecular weight is 240 g/mol. The van der Waals surface area contributed by atoms with Crippen LogP contribution < -0.4 is 0 Å². The lowest BCUT2D eigenvalue weighted by atomic mass is 10.6. The summed E-state index contributed by atoms with van der Waals surface area (Å²) >= 11 is 15.7. The van der Waals surface area contributed by atoms with E-state index in [0.29, 0.717) is 6.42 Å². The molecule has 0 heterocycles. The van der Waals surface area contributed by atoms with E-state index < -0.39 is 9.76 Å². The minimum atomic E-state index is -1.04. The van der Waals surface area contributed by atoms with E-state index in [1.54, 1.807) is 0 Å². The summed E-state index contributed by atoms with van der Waals surface area (Å²) in [6.45, 7) is 2.90. The van der Waals surface area contributed by atoms with E-state index in [-0.39, 0.29) is 0 Å². The van der Waals surface area contributed by atoms with Crippen molar-refractivity contribution >= 4 is 40.8 Å². The molecule has 0 aliphatic carbocycles. The monoisotopic (exact) mass is 238 g/mol. The second-order valence-electron chi connectivity index (χ2n) is 1.49. The van der Waals surface area contributed by atoms with Crippen molar-refractivity contribution in [1.29, 1.82) is 0 Å². The number of halogens is 3.